The number of aromatic nitrogens is 2. The first kappa shape index (κ1) is 14.1. The summed E-state index contributed by atoms with van der Waals surface area (Å²) < 4.78 is 18.6. The van der Waals surface area contributed by atoms with Crippen molar-refractivity contribution >= 4 is 46.3 Å². The third-order valence-corrected chi connectivity index (χ3v) is 3.00. The van der Waals surface area contributed by atoms with Gasteiger partial charge < -0.3 is 10.1 Å². The summed E-state index contributed by atoms with van der Waals surface area (Å²) in [7, 11) is 1.46. The van der Waals surface area contributed by atoms with E-state index in [1.165, 1.54) is 19.2 Å². The van der Waals surface area contributed by atoms with Gasteiger partial charge in [-0.05, 0) is 17.7 Å². The zero-order chi connectivity index (χ0) is 14.0. The Labute approximate surface area is 123 Å². The molecule has 19 heavy (non-hydrogen) atoms. The molecule has 2 rings (SSSR count). The normalized spacial score (nSPS) is 10.4. The number of anilines is 2. The molecule has 0 saturated carbocycles. The van der Waals surface area contributed by atoms with E-state index in [2.05, 4.69) is 15.3 Å². The molecule has 2 aromatic rings. The molecular weight excluding hydrogens is 315 g/mol. The van der Waals surface area contributed by atoms with Gasteiger partial charge in [0, 0.05) is 6.07 Å². The molecule has 0 radical (unpaired) electrons. The SMILES string of the molecule is COc1cc(Nc2nc(Cl)ncc2F)c(Cl)cc1Cl. The fourth-order valence-corrected chi connectivity index (χ4v) is 1.98. The highest BCUT2D eigenvalue weighted by Crippen LogP contribution is 2.35. The molecule has 4 nitrogen and oxygen atoms in total. The van der Waals surface area contributed by atoms with Crippen LogP contribution in [0.5, 0.6) is 5.75 Å². The van der Waals surface area contributed by atoms with Crippen LogP contribution in [0.15, 0.2) is 18.3 Å². The first-order valence-electron chi connectivity index (χ1n) is 4.99. The van der Waals surface area contributed by atoms with E-state index >= 15 is 0 Å². The smallest absolute Gasteiger partial charge is 0.224 e. The molecule has 0 amide bonds. The fraction of sp³-hybridized carbons (Fsp3) is 0.0909. The quantitative estimate of drug-likeness (QED) is 0.855. The van der Waals surface area contributed by atoms with Crippen LogP contribution in [0.2, 0.25) is 15.3 Å². The minimum Gasteiger partial charge on any atom is -0.495 e. The third kappa shape index (κ3) is 3.18. The second-order valence-corrected chi connectivity index (χ2v) is 4.58. The second-order valence-electron chi connectivity index (χ2n) is 3.43. The Kier molecular flexibility index (Phi) is 4.29. The first-order valence-corrected chi connectivity index (χ1v) is 6.12. The lowest BCUT2D eigenvalue weighted by Gasteiger charge is -2.11. The van der Waals surface area contributed by atoms with Crippen LogP contribution in [0.1, 0.15) is 0 Å². The molecule has 0 aliphatic rings. The average Bonchev–Trinajstić information content (AvgIpc) is 2.37. The Balaban J connectivity index is 2.40. The Bertz CT molecular complexity index is 624. The molecule has 0 unspecified atom stereocenters. The largest absolute Gasteiger partial charge is 0.495 e. The predicted octanol–water partition coefficient (Wildman–Crippen LogP) is 4.33. The van der Waals surface area contributed by atoms with E-state index < -0.39 is 5.82 Å². The summed E-state index contributed by atoms with van der Waals surface area (Å²) in [6.45, 7) is 0. The van der Waals surface area contributed by atoms with E-state index in [9.17, 15) is 4.39 Å². The summed E-state index contributed by atoms with van der Waals surface area (Å²) in [4.78, 5) is 7.23. The number of methoxy groups -OCH3 is 1. The highest BCUT2D eigenvalue weighted by Gasteiger charge is 2.11. The number of halogens is 4. The predicted molar refractivity (Wildman–Crippen MR) is 73.3 cm³/mol. The molecule has 1 heterocycles. The summed E-state index contributed by atoms with van der Waals surface area (Å²) in [6.07, 6.45) is 0.957. The van der Waals surface area contributed by atoms with Gasteiger partial charge in [-0.15, -0.1) is 0 Å². The second kappa shape index (κ2) is 5.77. The van der Waals surface area contributed by atoms with Crippen LogP contribution in [-0.2, 0) is 0 Å². The number of hydrogen-bond acceptors (Lipinski definition) is 4. The van der Waals surface area contributed by atoms with Gasteiger partial charge >= 0.3 is 0 Å². The van der Waals surface area contributed by atoms with Crippen LogP contribution < -0.4 is 10.1 Å². The number of nitrogens with zero attached hydrogens (tertiary/aromatic N) is 2. The number of rotatable bonds is 3. The summed E-state index contributed by atoms with van der Waals surface area (Å²) in [5, 5.41) is 3.26. The highest BCUT2D eigenvalue weighted by atomic mass is 35.5. The molecular formula is C11H7Cl3FN3O. The standard InChI is InChI=1S/C11H7Cl3FN3O/c1-19-9-3-8(5(12)2-6(9)13)17-10-7(15)4-16-11(14)18-10/h2-4H,1H3,(H,16,17,18). The molecule has 0 bridgehead atoms. The molecule has 0 spiro atoms. The fourth-order valence-electron chi connectivity index (χ4n) is 1.34. The molecule has 0 fully saturated rings. The molecule has 0 aliphatic heterocycles. The van der Waals surface area contributed by atoms with Crippen LogP contribution in [0, 0.1) is 5.82 Å². The van der Waals surface area contributed by atoms with Gasteiger partial charge in [-0.2, -0.15) is 4.98 Å². The van der Waals surface area contributed by atoms with Crippen molar-refractivity contribution in [2.75, 3.05) is 12.4 Å². The Morgan fingerprint density at radius 1 is 1.21 bits per heavy atom. The van der Waals surface area contributed by atoms with Crippen molar-refractivity contribution in [2.45, 2.75) is 0 Å². The van der Waals surface area contributed by atoms with Gasteiger partial charge in [-0.3, -0.25) is 0 Å². The Hall–Kier alpha value is -1.30. The summed E-state index contributed by atoms with van der Waals surface area (Å²) in [5.41, 5.74) is 0.386. The van der Waals surface area contributed by atoms with Crippen molar-refractivity contribution in [1.82, 2.24) is 9.97 Å². The molecule has 0 atom stereocenters. The molecule has 100 valence electrons. The molecule has 1 aromatic carbocycles. The lowest BCUT2D eigenvalue weighted by molar-refractivity contribution is 0.415. The van der Waals surface area contributed by atoms with Crippen molar-refractivity contribution in [1.29, 1.82) is 0 Å². The van der Waals surface area contributed by atoms with Gasteiger partial charge in [0.05, 0.1) is 29.0 Å². The average molecular weight is 323 g/mol. The monoisotopic (exact) mass is 321 g/mol. The van der Waals surface area contributed by atoms with Crippen molar-refractivity contribution in [3.05, 3.63) is 39.5 Å². The van der Waals surface area contributed by atoms with Gasteiger partial charge in [0.25, 0.3) is 0 Å². The minimum atomic E-state index is -0.658. The Morgan fingerprint density at radius 2 is 1.95 bits per heavy atom. The van der Waals surface area contributed by atoms with Crippen LogP contribution in [-0.4, -0.2) is 17.1 Å². The van der Waals surface area contributed by atoms with Crippen LogP contribution in [0.3, 0.4) is 0 Å². The van der Waals surface area contributed by atoms with E-state index in [1.807, 2.05) is 0 Å². The van der Waals surface area contributed by atoms with Crippen LogP contribution >= 0.6 is 34.8 Å². The minimum absolute atomic E-state index is 0.0825. The summed E-state index contributed by atoms with van der Waals surface area (Å²) >= 11 is 17.5. The van der Waals surface area contributed by atoms with E-state index in [4.69, 9.17) is 39.5 Å². The lowest BCUT2D eigenvalue weighted by Crippen LogP contribution is -2.00. The number of ether oxygens (including phenoxy) is 1. The van der Waals surface area contributed by atoms with Gasteiger partial charge in [0.1, 0.15) is 5.75 Å². The summed E-state index contributed by atoms with van der Waals surface area (Å²) in [5.74, 6) is -0.352. The number of hydrogen-bond donors (Lipinski definition) is 1. The molecule has 1 aromatic heterocycles. The van der Waals surface area contributed by atoms with Gasteiger partial charge in [0.2, 0.25) is 5.28 Å². The maximum Gasteiger partial charge on any atom is 0.224 e. The maximum absolute atomic E-state index is 13.5. The third-order valence-electron chi connectivity index (χ3n) is 2.21. The maximum atomic E-state index is 13.5. The van der Waals surface area contributed by atoms with Gasteiger partial charge in [-0.25, -0.2) is 9.37 Å². The van der Waals surface area contributed by atoms with Crippen molar-refractivity contribution in [2.24, 2.45) is 0 Å². The van der Waals surface area contributed by atoms with E-state index in [-0.39, 0.29) is 11.1 Å². The number of nitrogens with one attached hydrogen (secondary N) is 1. The van der Waals surface area contributed by atoms with E-state index in [1.54, 1.807) is 0 Å². The molecule has 0 saturated heterocycles. The summed E-state index contributed by atoms with van der Waals surface area (Å²) in [6, 6.07) is 3.01. The highest BCUT2D eigenvalue weighted by molar-refractivity contribution is 6.37. The zero-order valence-electron chi connectivity index (χ0n) is 9.55. The van der Waals surface area contributed by atoms with E-state index in [0.29, 0.717) is 21.5 Å². The van der Waals surface area contributed by atoms with Crippen molar-refractivity contribution in [3.63, 3.8) is 0 Å². The van der Waals surface area contributed by atoms with E-state index in [0.717, 1.165) is 6.20 Å². The van der Waals surface area contributed by atoms with Gasteiger partial charge in [-0.1, -0.05) is 23.2 Å². The molecule has 1 N–H and O–H groups in total. The van der Waals surface area contributed by atoms with Crippen molar-refractivity contribution < 1.29 is 9.13 Å². The zero-order valence-corrected chi connectivity index (χ0v) is 11.8. The van der Waals surface area contributed by atoms with Crippen molar-refractivity contribution in [3.8, 4) is 5.75 Å². The topological polar surface area (TPSA) is 47.0 Å². The molecule has 0 aliphatic carbocycles. The lowest BCUT2D eigenvalue weighted by atomic mass is 10.3. The molecule has 8 heteroatoms. The Morgan fingerprint density at radius 3 is 2.63 bits per heavy atom. The van der Waals surface area contributed by atoms with Crippen LogP contribution in [0.25, 0.3) is 0 Å². The van der Waals surface area contributed by atoms with Gasteiger partial charge in [0.15, 0.2) is 11.6 Å². The first-order chi connectivity index (χ1) is 9.01. The van der Waals surface area contributed by atoms with Crippen LogP contribution in [0.4, 0.5) is 15.9 Å². The number of benzene rings is 1.